The Balaban J connectivity index is 1.70. The van der Waals surface area contributed by atoms with E-state index in [1.165, 1.54) is 30.3 Å². The number of alkyl halides is 3. The van der Waals surface area contributed by atoms with E-state index in [4.69, 9.17) is 21.1 Å². The molecule has 6 nitrogen and oxygen atoms in total. The fraction of sp³-hybridized carbons (Fsp3) is 0.333. The summed E-state index contributed by atoms with van der Waals surface area (Å²) in [4.78, 5) is 15.8. The summed E-state index contributed by atoms with van der Waals surface area (Å²) in [5, 5.41) is 20.9. The van der Waals surface area contributed by atoms with Crippen LogP contribution in [0.1, 0.15) is 16.1 Å². The maximum Gasteiger partial charge on any atom is 0.433 e. The third kappa shape index (κ3) is 4.44. The van der Waals surface area contributed by atoms with E-state index in [-0.39, 0.29) is 12.2 Å². The summed E-state index contributed by atoms with van der Waals surface area (Å²) >= 11 is 5.76. The van der Waals surface area contributed by atoms with Gasteiger partial charge in [0.1, 0.15) is 24.0 Å². The summed E-state index contributed by atoms with van der Waals surface area (Å²) in [6.45, 7) is -0.333. The third-order valence-corrected chi connectivity index (χ3v) is 4.41. The lowest BCUT2D eigenvalue weighted by Gasteiger charge is -2.36. The molecule has 1 aromatic heterocycles. The van der Waals surface area contributed by atoms with Gasteiger partial charge in [0.15, 0.2) is 11.9 Å². The second kappa shape index (κ2) is 8.04. The van der Waals surface area contributed by atoms with Gasteiger partial charge in [-0.05, 0) is 30.3 Å². The number of ketones is 1. The predicted molar refractivity (Wildman–Crippen MR) is 91.2 cm³/mol. The van der Waals surface area contributed by atoms with Crippen molar-refractivity contribution in [3.63, 3.8) is 0 Å². The molecule has 0 bridgehead atoms. The maximum absolute atomic E-state index is 12.7. The number of hydrogen-bond acceptors (Lipinski definition) is 6. The second-order valence-electron chi connectivity index (χ2n) is 6.12. The number of pyridine rings is 1. The van der Waals surface area contributed by atoms with Gasteiger partial charge in [-0.25, -0.2) is 4.98 Å². The minimum atomic E-state index is -4.66. The quantitative estimate of drug-likeness (QED) is 0.743. The number of nitrogens with zero attached hydrogens (tertiary/aromatic N) is 1. The van der Waals surface area contributed by atoms with Crippen LogP contribution in [0, 0.1) is 0 Å². The van der Waals surface area contributed by atoms with Crippen molar-refractivity contribution >= 4 is 17.4 Å². The Labute approximate surface area is 162 Å². The first-order valence-electron chi connectivity index (χ1n) is 8.15. The summed E-state index contributed by atoms with van der Waals surface area (Å²) in [5.41, 5.74) is -0.938. The van der Waals surface area contributed by atoms with Crippen LogP contribution in [0.15, 0.2) is 42.5 Å². The van der Waals surface area contributed by atoms with Crippen molar-refractivity contribution in [2.24, 2.45) is 0 Å². The average Bonchev–Trinajstić information content (AvgIpc) is 2.65. The number of ether oxygens (including phenoxy) is 2. The predicted octanol–water partition coefficient (Wildman–Crippen LogP) is 2.50. The fourth-order valence-electron chi connectivity index (χ4n) is 2.70. The summed E-state index contributed by atoms with van der Waals surface area (Å²) in [5.74, 6) is -0.962. The van der Waals surface area contributed by atoms with Gasteiger partial charge < -0.3 is 19.7 Å². The van der Waals surface area contributed by atoms with Crippen LogP contribution in [0.5, 0.6) is 5.88 Å². The fourth-order valence-corrected chi connectivity index (χ4v) is 2.83. The zero-order chi connectivity index (χ0) is 20.5. The Kier molecular flexibility index (Phi) is 5.90. The number of aliphatic hydroxyl groups is 2. The number of aliphatic hydroxyl groups excluding tert-OH is 2. The number of carbonyl (C=O) groups is 1. The van der Waals surface area contributed by atoms with Crippen LogP contribution >= 0.6 is 11.6 Å². The lowest BCUT2D eigenvalue weighted by molar-refractivity contribution is -0.167. The van der Waals surface area contributed by atoms with Crippen LogP contribution in [-0.2, 0) is 10.9 Å². The summed E-state index contributed by atoms with van der Waals surface area (Å²) in [6.07, 6.45) is -10.4. The van der Waals surface area contributed by atoms with Crippen molar-refractivity contribution in [1.29, 1.82) is 0 Å². The van der Waals surface area contributed by atoms with Crippen molar-refractivity contribution in [1.82, 2.24) is 4.98 Å². The zero-order valence-electron chi connectivity index (χ0n) is 14.1. The molecule has 0 amide bonds. The molecule has 4 atom stereocenters. The van der Waals surface area contributed by atoms with Crippen LogP contribution in [0.25, 0.3) is 0 Å². The molecule has 0 aliphatic carbocycles. The molecule has 1 aliphatic rings. The van der Waals surface area contributed by atoms with Gasteiger partial charge in [-0.2, -0.15) is 13.2 Å². The molecule has 150 valence electrons. The van der Waals surface area contributed by atoms with E-state index >= 15 is 0 Å². The molecule has 2 N–H and O–H groups in total. The maximum atomic E-state index is 12.7. The minimum Gasteiger partial charge on any atom is -0.469 e. The van der Waals surface area contributed by atoms with Crippen molar-refractivity contribution in [2.45, 2.75) is 30.6 Å². The summed E-state index contributed by atoms with van der Waals surface area (Å²) in [7, 11) is 0. The molecule has 1 aromatic carbocycles. The Bertz CT molecular complexity index is 846. The van der Waals surface area contributed by atoms with Gasteiger partial charge in [0.05, 0.1) is 6.61 Å². The molecule has 1 fully saturated rings. The number of benzene rings is 1. The molecular weight excluding hydrogens is 403 g/mol. The Morgan fingerprint density at radius 2 is 1.82 bits per heavy atom. The van der Waals surface area contributed by atoms with E-state index in [1.54, 1.807) is 0 Å². The largest absolute Gasteiger partial charge is 0.469 e. The van der Waals surface area contributed by atoms with Gasteiger partial charge >= 0.3 is 6.18 Å². The standard InChI is InChI=1S/C18H15ClF3NO5/c19-10-6-4-9(5-7-10)14(24)17-16(26)15(25)11(8-27-17)28-13-3-1-2-12(23-13)18(20,21)22/h1-7,11,15-17,25-26H,8H2/t11-,15+,16+,17+/m0/s1. The Hall–Kier alpha value is -2.20. The Morgan fingerprint density at radius 1 is 1.14 bits per heavy atom. The van der Waals surface area contributed by atoms with Gasteiger partial charge in [-0.3, -0.25) is 4.79 Å². The van der Waals surface area contributed by atoms with Crippen LogP contribution in [0.2, 0.25) is 5.02 Å². The molecule has 10 heteroatoms. The molecule has 28 heavy (non-hydrogen) atoms. The number of halogens is 4. The highest BCUT2D eigenvalue weighted by atomic mass is 35.5. The molecule has 0 spiro atoms. The van der Waals surface area contributed by atoms with Gasteiger partial charge in [0.2, 0.25) is 5.88 Å². The summed E-state index contributed by atoms with van der Waals surface area (Å²) < 4.78 is 48.8. The normalized spacial score (nSPS) is 25.4. The molecule has 2 heterocycles. The number of hydrogen-bond donors (Lipinski definition) is 2. The van der Waals surface area contributed by atoms with Crippen LogP contribution in [0.4, 0.5) is 13.2 Å². The van der Waals surface area contributed by atoms with Crippen LogP contribution in [-0.4, -0.2) is 52.0 Å². The average molecular weight is 418 g/mol. The number of Topliss-reactive ketones (excluding diaryl/α,β-unsaturated/α-hetero) is 1. The second-order valence-corrected chi connectivity index (χ2v) is 6.56. The molecule has 1 saturated heterocycles. The van der Waals surface area contributed by atoms with E-state index < -0.39 is 47.9 Å². The van der Waals surface area contributed by atoms with E-state index in [0.717, 1.165) is 12.1 Å². The molecule has 0 unspecified atom stereocenters. The lowest BCUT2D eigenvalue weighted by Crippen LogP contribution is -2.57. The molecule has 0 saturated carbocycles. The molecule has 0 radical (unpaired) electrons. The summed E-state index contributed by atoms with van der Waals surface area (Å²) in [6, 6.07) is 8.93. The third-order valence-electron chi connectivity index (χ3n) is 4.15. The van der Waals surface area contributed by atoms with Gasteiger partial charge in [-0.15, -0.1) is 0 Å². The molecule has 3 rings (SSSR count). The first kappa shape index (κ1) is 20.5. The highest BCUT2D eigenvalue weighted by molar-refractivity contribution is 6.30. The number of aromatic nitrogens is 1. The monoisotopic (exact) mass is 417 g/mol. The molecule has 1 aliphatic heterocycles. The van der Waals surface area contributed by atoms with Crippen molar-refractivity contribution in [3.05, 3.63) is 58.7 Å². The minimum absolute atomic E-state index is 0.222. The lowest BCUT2D eigenvalue weighted by atomic mass is 9.94. The van der Waals surface area contributed by atoms with Crippen molar-refractivity contribution in [2.75, 3.05) is 6.61 Å². The smallest absolute Gasteiger partial charge is 0.433 e. The first-order chi connectivity index (χ1) is 13.2. The Morgan fingerprint density at radius 3 is 2.46 bits per heavy atom. The van der Waals surface area contributed by atoms with Crippen LogP contribution in [0.3, 0.4) is 0 Å². The number of rotatable bonds is 4. The number of carbonyl (C=O) groups excluding carboxylic acids is 1. The SMILES string of the molecule is O=C(c1ccc(Cl)cc1)[C@H]1OC[C@H](Oc2cccc(C(F)(F)F)n2)[C@@H](O)[C@H]1O. The first-order valence-corrected chi connectivity index (χ1v) is 8.53. The molecule has 2 aromatic rings. The zero-order valence-corrected chi connectivity index (χ0v) is 14.9. The van der Waals surface area contributed by atoms with Gasteiger partial charge in [-0.1, -0.05) is 17.7 Å². The topological polar surface area (TPSA) is 88.9 Å². The highest BCUT2D eigenvalue weighted by Gasteiger charge is 2.43. The van der Waals surface area contributed by atoms with E-state index in [1.807, 2.05) is 0 Å². The van der Waals surface area contributed by atoms with Crippen molar-refractivity contribution in [3.8, 4) is 5.88 Å². The van der Waals surface area contributed by atoms with Gasteiger partial charge in [0, 0.05) is 16.7 Å². The van der Waals surface area contributed by atoms with Crippen LogP contribution < -0.4 is 4.74 Å². The molecular formula is C18H15ClF3NO5. The van der Waals surface area contributed by atoms with E-state index in [9.17, 15) is 28.2 Å². The van der Waals surface area contributed by atoms with E-state index in [0.29, 0.717) is 5.02 Å². The van der Waals surface area contributed by atoms with Gasteiger partial charge in [0.25, 0.3) is 0 Å². The van der Waals surface area contributed by atoms with E-state index in [2.05, 4.69) is 4.98 Å². The van der Waals surface area contributed by atoms with Crippen molar-refractivity contribution < 1.29 is 37.7 Å². The highest BCUT2D eigenvalue weighted by Crippen LogP contribution is 2.29.